The van der Waals surface area contributed by atoms with E-state index in [-0.39, 0.29) is 5.56 Å². The molecule has 0 aliphatic carbocycles. The molecule has 0 bridgehead atoms. The molecular formula is C11H12N2O3. The van der Waals surface area contributed by atoms with Gasteiger partial charge in [0, 0.05) is 6.20 Å². The van der Waals surface area contributed by atoms with Crippen molar-refractivity contribution in [2.75, 3.05) is 0 Å². The van der Waals surface area contributed by atoms with E-state index in [1.165, 1.54) is 6.20 Å². The maximum atomic E-state index is 10.8. The van der Waals surface area contributed by atoms with Gasteiger partial charge in [-0.25, -0.2) is 4.79 Å². The number of carboxylic acids is 1. The van der Waals surface area contributed by atoms with E-state index in [1.54, 1.807) is 11.6 Å². The van der Waals surface area contributed by atoms with Crippen molar-refractivity contribution in [1.82, 2.24) is 9.78 Å². The van der Waals surface area contributed by atoms with Gasteiger partial charge in [0.05, 0.1) is 12.2 Å². The first kappa shape index (κ1) is 10.5. The number of carbonyl (C=O) groups is 1. The lowest BCUT2D eigenvalue weighted by molar-refractivity contribution is 0.0696. The first-order valence-electron chi connectivity index (χ1n) is 4.89. The Hall–Kier alpha value is -2.04. The van der Waals surface area contributed by atoms with Crippen molar-refractivity contribution in [3.63, 3.8) is 0 Å². The van der Waals surface area contributed by atoms with Gasteiger partial charge in [-0.05, 0) is 26.0 Å². The highest BCUT2D eigenvalue weighted by atomic mass is 16.4. The SMILES string of the molecule is Cc1ccc(Cn2cc(C(=O)O)c(C)n2)o1. The van der Waals surface area contributed by atoms with E-state index in [2.05, 4.69) is 5.10 Å². The van der Waals surface area contributed by atoms with Crippen molar-refractivity contribution in [2.45, 2.75) is 20.4 Å². The molecule has 0 amide bonds. The van der Waals surface area contributed by atoms with Crippen LogP contribution in [0.1, 0.15) is 27.6 Å². The van der Waals surface area contributed by atoms with Crippen LogP contribution < -0.4 is 0 Å². The molecule has 2 rings (SSSR count). The Bertz CT molecular complexity index is 525. The quantitative estimate of drug-likeness (QED) is 0.856. The first-order chi connectivity index (χ1) is 7.56. The smallest absolute Gasteiger partial charge is 0.339 e. The Morgan fingerprint density at radius 1 is 1.50 bits per heavy atom. The lowest BCUT2D eigenvalue weighted by Crippen LogP contribution is -1.99. The maximum Gasteiger partial charge on any atom is 0.339 e. The highest BCUT2D eigenvalue weighted by Crippen LogP contribution is 2.10. The van der Waals surface area contributed by atoms with Crippen LogP contribution in [0.5, 0.6) is 0 Å². The molecule has 5 nitrogen and oxygen atoms in total. The third-order valence-corrected chi connectivity index (χ3v) is 2.29. The van der Waals surface area contributed by atoms with Gasteiger partial charge < -0.3 is 9.52 Å². The summed E-state index contributed by atoms with van der Waals surface area (Å²) in [6, 6.07) is 3.72. The molecule has 0 radical (unpaired) electrons. The molecule has 2 aromatic rings. The Kier molecular flexibility index (Phi) is 2.52. The lowest BCUT2D eigenvalue weighted by Gasteiger charge is -1.96. The molecular weight excluding hydrogens is 208 g/mol. The number of aromatic carboxylic acids is 1. The second kappa shape index (κ2) is 3.84. The number of aromatic nitrogens is 2. The summed E-state index contributed by atoms with van der Waals surface area (Å²) < 4.78 is 6.96. The molecule has 0 spiro atoms. The number of aryl methyl sites for hydroxylation is 2. The third-order valence-electron chi connectivity index (χ3n) is 2.29. The van der Waals surface area contributed by atoms with Gasteiger partial charge in [-0.2, -0.15) is 5.10 Å². The zero-order valence-corrected chi connectivity index (χ0v) is 9.10. The Balaban J connectivity index is 2.22. The minimum atomic E-state index is -0.959. The molecule has 0 aliphatic heterocycles. The van der Waals surface area contributed by atoms with Gasteiger partial charge in [-0.3, -0.25) is 4.68 Å². The van der Waals surface area contributed by atoms with Crippen LogP contribution in [-0.2, 0) is 6.54 Å². The number of hydrogen-bond donors (Lipinski definition) is 1. The summed E-state index contributed by atoms with van der Waals surface area (Å²) in [5, 5.41) is 13.0. The topological polar surface area (TPSA) is 68.3 Å². The van der Waals surface area contributed by atoms with Crippen molar-refractivity contribution in [3.05, 3.63) is 41.1 Å². The number of furan rings is 1. The van der Waals surface area contributed by atoms with Crippen molar-refractivity contribution in [3.8, 4) is 0 Å². The summed E-state index contributed by atoms with van der Waals surface area (Å²) in [6.45, 7) is 3.98. The summed E-state index contributed by atoms with van der Waals surface area (Å²) in [4.78, 5) is 10.8. The lowest BCUT2D eigenvalue weighted by atomic mass is 10.3. The van der Waals surface area contributed by atoms with Crippen molar-refractivity contribution < 1.29 is 14.3 Å². The predicted octanol–water partition coefficient (Wildman–Crippen LogP) is 1.84. The Morgan fingerprint density at radius 3 is 2.75 bits per heavy atom. The normalized spacial score (nSPS) is 10.6. The zero-order valence-electron chi connectivity index (χ0n) is 9.10. The van der Waals surface area contributed by atoms with Crippen LogP contribution in [0.25, 0.3) is 0 Å². The highest BCUT2D eigenvalue weighted by molar-refractivity contribution is 5.88. The van der Waals surface area contributed by atoms with Crippen LogP contribution in [0.2, 0.25) is 0 Å². The number of hydrogen-bond acceptors (Lipinski definition) is 3. The predicted molar refractivity (Wildman–Crippen MR) is 56.5 cm³/mol. The average molecular weight is 220 g/mol. The van der Waals surface area contributed by atoms with Crippen LogP contribution in [0, 0.1) is 13.8 Å². The third kappa shape index (κ3) is 1.98. The first-order valence-corrected chi connectivity index (χ1v) is 4.89. The van der Waals surface area contributed by atoms with Gasteiger partial charge in [0.2, 0.25) is 0 Å². The van der Waals surface area contributed by atoms with E-state index in [9.17, 15) is 4.79 Å². The Labute approximate surface area is 92.3 Å². The average Bonchev–Trinajstić information content (AvgIpc) is 2.73. The van der Waals surface area contributed by atoms with E-state index in [0.717, 1.165) is 11.5 Å². The van der Waals surface area contributed by atoms with E-state index >= 15 is 0 Å². The number of rotatable bonds is 3. The van der Waals surface area contributed by atoms with Gasteiger partial charge in [0.25, 0.3) is 0 Å². The summed E-state index contributed by atoms with van der Waals surface area (Å²) in [6.07, 6.45) is 1.51. The standard InChI is InChI=1S/C11H12N2O3/c1-7-3-4-9(16-7)5-13-6-10(11(14)15)8(2)12-13/h3-4,6H,5H2,1-2H3,(H,14,15). The summed E-state index contributed by atoms with van der Waals surface area (Å²) in [5.74, 6) is 0.633. The monoisotopic (exact) mass is 220 g/mol. The minimum Gasteiger partial charge on any atom is -0.478 e. The second-order valence-electron chi connectivity index (χ2n) is 3.64. The molecule has 16 heavy (non-hydrogen) atoms. The van der Waals surface area contributed by atoms with E-state index in [0.29, 0.717) is 12.2 Å². The maximum absolute atomic E-state index is 10.8. The van der Waals surface area contributed by atoms with Gasteiger partial charge in [-0.1, -0.05) is 0 Å². The minimum absolute atomic E-state index is 0.225. The fraction of sp³-hybridized carbons (Fsp3) is 0.273. The molecule has 84 valence electrons. The van der Waals surface area contributed by atoms with Crippen LogP contribution >= 0.6 is 0 Å². The van der Waals surface area contributed by atoms with Crippen LogP contribution in [0.15, 0.2) is 22.7 Å². The van der Waals surface area contributed by atoms with Crippen molar-refractivity contribution >= 4 is 5.97 Å². The summed E-state index contributed by atoms with van der Waals surface area (Å²) >= 11 is 0. The van der Waals surface area contributed by atoms with Crippen molar-refractivity contribution in [1.29, 1.82) is 0 Å². The summed E-state index contributed by atoms with van der Waals surface area (Å²) in [7, 11) is 0. The van der Waals surface area contributed by atoms with Gasteiger partial charge in [-0.15, -0.1) is 0 Å². The fourth-order valence-electron chi connectivity index (χ4n) is 1.54. The highest BCUT2D eigenvalue weighted by Gasteiger charge is 2.12. The molecule has 0 unspecified atom stereocenters. The van der Waals surface area contributed by atoms with Gasteiger partial charge >= 0.3 is 5.97 Å². The molecule has 5 heteroatoms. The zero-order chi connectivity index (χ0) is 11.7. The molecule has 0 saturated heterocycles. The molecule has 0 aliphatic rings. The van der Waals surface area contributed by atoms with Crippen LogP contribution in [0.4, 0.5) is 0 Å². The van der Waals surface area contributed by atoms with Crippen LogP contribution in [-0.4, -0.2) is 20.9 Å². The second-order valence-corrected chi connectivity index (χ2v) is 3.64. The Morgan fingerprint density at radius 2 is 2.25 bits per heavy atom. The van der Waals surface area contributed by atoms with E-state index < -0.39 is 5.97 Å². The van der Waals surface area contributed by atoms with Gasteiger partial charge in [0.15, 0.2) is 0 Å². The van der Waals surface area contributed by atoms with Crippen molar-refractivity contribution in [2.24, 2.45) is 0 Å². The fourth-order valence-corrected chi connectivity index (χ4v) is 1.54. The van der Waals surface area contributed by atoms with E-state index in [4.69, 9.17) is 9.52 Å². The number of carboxylic acid groups (broad SMARTS) is 1. The molecule has 0 atom stereocenters. The summed E-state index contributed by atoms with van der Waals surface area (Å²) in [5.41, 5.74) is 0.735. The van der Waals surface area contributed by atoms with Crippen LogP contribution in [0.3, 0.4) is 0 Å². The molecule has 2 heterocycles. The molecule has 0 aromatic carbocycles. The molecule has 1 N–H and O–H groups in total. The molecule has 2 aromatic heterocycles. The number of nitrogens with zero attached hydrogens (tertiary/aromatic N) is 2. The largest absolute Gasteiger partial charge is 0.478 e. The van der Waals surface area contributed by atoms with Gasteiger partial charge in [0.1, 0.15) is 17.1 Å². The molecule has 0 fully saturated rings. The van der Waals surface area contributed by atoms with E-state index in [1.807, 2.05) is 19.1 Å². The molecule has 0 saturated carbocycles.